The van der Waals surface area contributed by atoms with Crippen LogP contribution >= 0.6 is 11.3 Å². The van der Waals surface area contributed by atoms with Crippen molar-refractivity contribution in [2.24, 2.45) is 0 Å². The Balaban J connectivity index is 1.49. The Hall–Kier alpha value is -2.05. The lowest BCUT2D eigenvalue weighted by molar-refractivity contribution is 0.0417. The van der Waals surface area contributed by atoms with E-state index in [1.54, 1.807) is 0 Å². The van der Waals surface area contributed by atoms with Crippen molar-refractivity contribution in [3.63, 3.8) is 0 Å². The quantitative estimate of drug-likeness (QED) is 0.789. The third kappa shape index (κ3) is 3.18. The van der Waals surface area contributed by atoms with Crippen LogP contribution in [-0.2, 0) is 11.3 Å². The maximum Gasteiger partial charge on any atom is 0.181 e. The summed E-state index contributed by atoms with van der Waals surface area (Å²) in [5.74, 6) is 0.740. The van der Waals surface area contributed by atoms with Gasteiger partial charge in [-0.25, -0.2) is 15.0 Å². The lowest BCUT2D eigenvalue weighted by Gasteiger charge is -2.10. The molecule has 0 aliphatic heterocycles. The number of aromatic nitrogens is 3. The van der Waals surface area contributed by atoms with Crippen LogP contribution < -0.4 is 5.73 Å². The van der Waals surface area contributed by atoms with Gasteiger partial charge in [0.25, 0.3) is 0 Å². The molecule has 2 heterocycles. The van der Waals surface area contributed by atoms with Crippen LogP contribution in [0.3, 0.4) is 0 Å². The average molecular weight is 326 g/mol. The number of rotatable bonds is 4. The van der Waals surface area contributed by atoms with E-state index >= 15 is 0 Å². The van der Waals surface area contributed by atoms with Crippen LogP contribution in [0.25, 0.3) is 21.3 Å². The van der Waals surface area contributed by atoms with Crippen LogP contribution in [0.15, 0.2) is 30.6 Å². The van der Waals surface area contributed by atoms with Crippen LogP contribution in [0.1, 0.15) is 31.5 Å². The highest BCUT2D eigenvalue weighted by atomic mass is 32.1. The van der Waals surface area contributed by atoms with Gasteiger partial charge >= 0.3 is 0 Å². The third-order valence-electron chi connectivity index (χ3n) is 4.19. The summed E-state index contributed by atoms with van der Waals surface area (Å²) >= 11 is 1.49. The highest BCUT2D eigenvalue weighted by Gasteiger charge is 2.15. The van der Waals surface area contributed by atoms with Crippen molar-refractivity contribution in [2.45, 2.75) is 38.4 Å². The monoisotopic (exact) mass is 326 g/mol. The normalized spacial score (nSPS) is 15.5. The second-order valence-corrected chi connectivity index (χ2v) is 6.90. The molecule has 2 aromatic heterocycles. The first kappa shape index (κ1) is 14.5. The lowest BCUT2D eigenvalue weighted by Crippen LogP contribution is -2.09. The molecule has 4 rings (SSSR count). The summed E-state index contributed by atoms with van der Waals surface area (Å²) in [6, 6.07) is 6.08. The topological polar surface area (TPSA) is 73.9 Å². The number of hydrogen-bond donors (Lipinski definition) is 1. The number of benzene rings is 1. The molecule has 0 unspecified atom stereocenters. The van der Waals surface area contributed by atoms with E-state index in [1.807, 2.05) is 24.5 Å². The predicted octanol–water partition coefficient (Wildman–Crippen LogP) is 3.79. The molecule has 6 heteroatoms. The van der Waals surface area contributed by atoms with Crippen LogP contribution in [0, 0.1) is 0 Å². The lowest BCUT2D eigenvalue weighted by atomic mass is 10.1. The Morgan fingerprint density at radius 1 is 1.13 bits per heavy atom. The van der Waals surface area contributed by atoms with E-state index in [0.717, 1.165) is 40.0 Å². The van der Waals surface area contributed by atoms with E-state index in [-0.39, 0.29) is 0 Å². The SMILES string of the molecule is Nc1nc2ccc(-c3cnc(COC4CCCC4)nc3)cc2s1. The van der Waals surface area contributed by atoms with Gasteiger partial charge in [0.1, 0.15) is 6.61 Å². The highest BCUT2D eigenvalue weighted by molar-refractivity contribution is 7.22. The fraction of sp³-hybridized carbons (Fsp3) is 0.353. The average Bonchev–Trinajstić information content (AvgIpc) is 3.21. The summed E-state index contributed by atoms with van der Waals surface area (Å²) in [6.07, 6.45) is 8.96. The molecule has 1 fully saturated rings. The van der Waals surface area contributed by atoms with Gasteiger partial charge in [-0.3, -0.25) is 0 Å². The van der Waals surface area contributed by atoms with Crippen molar-refractivity contribution < 1.29 is 4.74 Å². The molecule has 0 spiro atoms. The van der Waals surface area contributed by atoms with Gasteiger partial charge < -0.3 is 10.5 Å². The fourth-order valence-corrected chi connectivity index (χ4v) is 3.72. The fourth-order valence-electron chi connectivity index (χ4n) is 2.95. The van der Waals surface area contributed by atoms with Gasteiger partial charge in [0.05, 0.1) is 16.3 Å². The molecule has 1 aliphatic rings. The number of thiazole rings is 1. The molecule has 0 bridgehead atoms. The molecule has 0 radical (unpaired) electrons. The zero-order chi connectivity index (χ0) is 15.6. The van der Waals surface area contributed by atoms with Crippen molar-refractivity contribution in [1.82, 2.24) is 15.0 Å². The minimum atomic E-state index is 0.387. The van der Waals surface area contributed by atoms with Gasteiger partial charge in [0.15, 0.2) is 11.0 Å². The van der Waals surface area contributed by atoms with Crippen LogP contribution in [-0.4, -0.2) is 21.1 Å². The zero-order valence-corrected chi connectivity index (χ0v) is 13.6. The van der Waals surface area contributed by atoms with Gasteiger partial charge in [-0.05, 0) is 30.5 Å². The number of hydrogen-bond acceptors (Lipinski definition) is 6. The Labute approximate surface area is 138 Å². The molecule has 3 aromatic rings. The first-order chi connectivity index (χ1) is 11.3. The van der Waals surface area contributed by atoms with E-state index in [9.17, 15) is 0 Å². The largest absolute Gasteiger partial charge is 0.375 e. The number of nitrogens with two attached hydrogens (primary N) is 1. The molecule has 1 aromatic carbocycles. The van der Waals surface area contributed by atoms with E-state index in [4.69, 9.17) is 10.5 Å². The number of ether oxygens (including phenoxy) is 1. The Morgan fingerprint density at radius 2 is 1.91 bits per heavy atom. The Morgan fingerprint density at radius 3 is 2.70 bits per heavy atom. The van der Waals surface area contributed by atoms with Crippen LogP contribution in [0.4, 0.5) is 5.13 Å². The molecule has 0 amide bonds. The van der Waals surface area contributed by atoms with E-state index < -0.39 is 0 Å². The molecule has 5 nitrogen and oxygen atoms in total. The molecule has 1 aliphatic carbocycles. The van der Waals surface area contributed by atoms with Gasteiger partial charge in [0, 0.05) is 18.0 Å². The van der Waals surface area contributed by atoms with Crippen molar-refractivity contribution in [3.05, 3.63) is 36.4 Å². The number of nitrogens with zero attached hydrogens (tertiary/aromatic N) is 3. The first-order valence-corrected chi connectivity index (χ1v) is 8.68. The van der Waals surface area contributed by atoms with Gasteiger partial charge in [-0.1, -0.05) is 30.2 Å². The van der Waals surface area contributed by atoms with Gasteiger partial charge in [-0.2, -0.15) is 0 Å². The predicted molar refractivity (Wildman–Crippen MR) is 92.1 cm³/mol. The molecule has 23 heavy (non-hydrogen) atoms. The van der Waals surface area contributed by atoms with Crippen molar-refractivity contribution >= 4 is 26.7 Å². The molecule has 0 atom stereocenters. The first-order valence-electron chi connectivity index (χ1n) is 7.87. The summed E-state index contributed by atoms with van der Waals surface area (Å²) in [4.78, 5) is 13.1. The molecule has 2 N–H and O–H groups in total. The van der Waals surface area contributed by atoms with Crippen molar-refractivity contribution in [1.29, 1.82) is 0 Å². The minimum Gasteiger partial charge on any atom is -0.375 e. The van der Waals surface area contributed by atoms with Crippen molar-refractivity contribution in [2.75, 3.05) is 5.73 Å². The van der Waals surface area contributed by atoms with E-state index in [1.165, 1.54) is 24.2 Å². The number of nitrogen functional groups attached to an aromatic ring is 1. The van der Waals surface area contributed by atoms with Gasteiger partial charge in [0.2, 0.25) is 0 Å². The molecule has 1 saturated carbocycles. The Bertz CT molecular complexity index is 809. The number of anilines is 1. The van der Waals surface area contributed by atoms with Crippen LogP contribution in [0.2, 0.25) is 0 Å². The summed E-state index contributed by atoms with van der Waals surface area (Å²) in [5.41, 5.74) is 8.75. The Kier molecular flexibility index (Phi) is 3.93. The molecular weight excluding hydrogens is 308 g/mol. The van der Waals surface area contributed by atoms with E-state index in [2.05, 4.69) is 21.0 Å². The van der Waals surface area contributed by atoms with E-state index in [0.29, 0.717) is 17.8 Å². The maximum atomic E-state index is 5.85. The number of fused-ring (bicyclic) bond motifs is 1. The third-order valence-corrected chi connectivity index (χ3v) is 5.04. The summed E-state index contributed by atoms with van der Waals surface area (Å²) in [6.45, 7) is 0.495. The minimum absolute atomic E-state index is 0.387. The molecular formula is C17H18N4OS. The maximum absolute atomic E-state index is 5.85. The molecule has 118 valence electrons. The summed E-state index contributed by atoms with van der Waals surface area (Å²) in [5, 5.41) is 0.591. The second-order valence-electron chi connectivity index (χ2n) is 5.84. The molecule has 0 saturated heterocycles. The highest BCUT2D eigenvalue weighted by Crippen LogP contribution is 2.28. The summed E-state index contributed by atoms with van der Waals surface area (Å²) < 4.78 is 6.93. The van der Waals surface area contributed by atoms with Gasteiger partial charge in [-0.15, -0.1) is 0 Å². The summed E-state index contributed by atoms with van der Waals surface area (Å²) in [7, 11) is 0. The van der Waals surface area contributed by atoms with Crippen LogP contribution in [0.5, 0.6) is 0 Å². The standard InChI is InChI=1S/C17H18N4OS/c18-17-21-14-6-5-11(7-15(14)23-17)12-8-19-16(20-9-12)10-22-13-3-1-2-4-13/h5-9,13H,1-4,10H2,(H2,18,21). The van der Waals surface area contributed by atoms with Crippen molar-refractivity contribution in [3.8, 4) is 11.1 Å². The zero-order valence-electron chi connectivity index (χ0n) is 12.7. The second kappa shape index (κ2) is 6.22. The smallest absolute Gasteiger partial charge is 0.181 e.